The van der Waals surface area contributed by atoms with Crippen molar-refractivity contribution in [2.24, 2.45) is 0 Å². The van der Waals surface area contributed by atoms with Crippen molar-refractivity contribution in [1.82, 2.24) is 10.2 Å². The van der Waals surface area contributed by atoms with Gasteiger partial charge in [0.1, 0.15) is 0 Å². The maximum absolute atomic E-state index is 4.09. The number of nitrogens with one attached hydrogen (secondary N) is 1. The molecule has 0 aromatic carbocycles. The quantitative estimate of drug-likeness (QED) is 0.827. The summed E-state index contributed by atoms with van der Waals surface area (Å²) in [7, 11) is 0. The largest absolute Gasteiger partial charge is 0.314 e. The minimum atomic E-state index is 0.537. The van der Waals surface area contributed by atoms with Crippen molar-refractivity contribution in [2.75, 3.05) is 26.2 Å². The van der Waals surface area contributed by atoms with Gasteiger partial charge in [0.2, 0.25) is 0 Å². The number of rotatable bonds is 4. The zero-order valence-electron chi connectivity index (χ0n) is 10.8. The van der Waals surface area contributed by atoms with E-state index in [1.807, 2.05) is 11.3 Å². The molecular formula is C14H22N2S. The smallest absolute Gasteiger partial charge is 0.0482 e. The first-order valence-electron chi connectivity index (χ1n) is 6.31. The summed E-state index contributed by atoms with van der Waals surface area (Å²) in [5.74, 6) is 0. The molecule has 0 aliphatic carbocycles. The van der Waals surface area contributed by atoms with Gasteiger partial charge in [0.05, 0.1) is 0 Å². The zero-order valence-corrected chi connectivity index (χ0v) is 11.6. The summed E-state index contributed by atoms with van der Waals surface area (Å²) < 4.78 is 0. The van der Waals surface area contributed by atoms with Crippen LogP contribution in [-0.2, 0) is 0 Å². The van der Waals surface area contributed by atoms with Crippen molar-refractivity contribution in [3.05, 3.63) is 34.0 Å². The molecule has 1 aliphatic heterocycles. The summed E-state index contributed by atoms with van der Waals surface area (Å²) in [6.07, 6.45) is 1.08. The molecule has 94 valence electrons. The standard InChI is InChI=1S/C14H22N2S/c1-11(2)10-13(14-12(3)4-9-17-14)16-7-5-15-6-8-16/h4,9,13,15H,1,5-8,10H2,2-3H3/t13-/m1/s1. The van der Waals surface area contributed by atoms with Crippen LogP contribution in [0.15, 0.2) is 23.6 Å². The van der Waals surface area contributed by atoms with Gasteiger partial charge in [0, 0.05) is 37.1 Å². The number of hydrogen-bond acceptors (Lipinski definition) is 3. The molecule has 1 N–H and O–H groups in total. The second-order valence-corrected chi connectivity index (χ2v) is 5.88. The molecule has 1 saturated heterocycles. The molecule has 0 amide bonds. The van der Waals surface area contributed by atoms with Gasteiger partial charge in [0.25, 0.3) is 0 Å². The Morgan fingerprint density at radius 1 is 1.53 bits per heavy atom. The van der Waals surface area contributed by atoms with Gasteiger partial charge in [-0.25, -0.2) is 0 Å². The highest BCUT2D eigenvalue weighted by Crippen LogP contribution is 2.33. The lowest BCUT2D eigenvalue weighted by molar-refractivity contribution is 0.174. The number of nitrogens with zero attached hydrogens (tertiary/aromatic N) is 1. The summed E-state index contributed by atoms with van der Waals surface area (Å²) in [5, 5.41) is 5.63. The maximum atomic E-state index is 4.09. The predicted molar refractivity (Wildman–Crippen MR) is 75.7 cm³/mol. The van der Waals surface area contributed by atoms with E-state index in [9.17, 15) is 0 Å². The monoisotopic (exact) mass is 250 g/mol. The van der Waals surface area contributed by atoms with Gasteiger partial charge >= 0.3 is 0 Å². The Bertz CT molecular complexity index is 377. The highest BCUT2D eigenvalue weighted by atomic mass is 32.1. The fourth-order valence-electron chi connectivity index (χ4n) is 2.44. The van der Waals surface area contributed by atoms with Crippen LogP contribution in [-0.4, -0.2) is 31.1 Å². The summed E-state index contributed by atoms with van der Waals surface area (Å²) in [4.78, 5) is 4.12. The van der Waals surface area contributed by atoms with Gasteiger partial charge in [-0.15, -0.1) is 17.9 Å². The van der Waals surface area contributed by atoms with Crippen LogP contribution in [0.5, 0.6) is 0 Å². The van der Waals surface area contributed by atoms with Crippen LogP contribution in [0.25, 0.3) is 0 Å². The van der Waals surface area contributed by atoms with E-state index in [-0.39, 0.29) is 0 Å². The molecule has 1 aromatic rings. The second-order valence-electron chi connectivity index (χ2n) is 4.93. The van der Waals surface area contributed by atoms with E-state index in [1.165, 1.54) is 16.0 Å². The maximum Gasteiger partial charge on any atom is 0.0482 e. The Morgan fingerprint density at radius 3 is 2.76 bits per heavy atom. The molecule has 0 spiro atoms. The third-order valence-electron chi connectivity index (χ3n) is 3.34. The first-order chi connectivity index (χ1) is 8.18. The van der Waals surface area contributed by atoms with Crippen molar-refractivity contribution in [2.45, 2.75) is 26.3 Å². The van der Waals surface area contributed by atoms with E-state index >= 15 is 0 Å². The highest BCUT2D eigenvalue weighted by Gasteiger charge is 2.24. The van der Waals surface area contributed by atoms with Crippen molar-refractivity contribution in [1.29, 1.82) is 0 Å². The van der Waals surface area contributed by atoms with Gasteiger partial charge in [-0.3, -0.25) is 4.90 Å². The van der Waals surface area contributed by atoms with Crippen molar-refractivity contribution >= 4 is 11.3 Å². The van der Waals surface area contributed by atoms with E-state index in [0.717, 1.165) is 32.6 Å². The van der Waals surface area contributed by atoms with Crippen LogP contribution in [0.1, 0.15) is 29.8 Å². The van der Waals surface area contributed by atoms with E-state index in [2.05, 4.69) is 42.1 Å². The molecule has 1 atom stereocenters. The topological polar surface area (TPSA) is 15.3 Å². The van der Waals surface area contributed by atoms with E-state index in [4.69, 9.17) is 0 Å². The van der Waals surface area contributed by atoms with Crippen LogP contribution in [0, 0.1) is 6.92 Å². The lowest BCUT2D eigenvalue weighted by atomic mass is 10.0. The third-order valence-corrected chi connectivity index (χ3v) is 4.46. The summed E-state index contributed by atoms with van der Waals surface area (Å²) in [6.45, 7) is 13.0. The Kier molecular flexibility index (Phi) is 4.37. The van der Waals surface area contributed by atoms with Crippen LogP contribution >= 0.6 is 11.3 Å². The Balaban J connectivity index is 2.18. The molecule has 0 radical (unpaired) electrons. The van der Waals surface area contributed by atoms with Gasteiger partial charge in [-0.2, -0.15) is 0 Å². The van der Waals surface area contributed by atoms with Crippen LogP contribution in [0.2, 0.25) is 0 Å². The average Bonchev–Trinajstić information content (AvgIpc) is 2.73. The lowest BCUT2D eigenvalue weighted by Gasteiger charge is -2.35. The van der Waals surface area contributed by atoms with Crippen molar-refractivity contribution in [3.8, 4) is 0 Å². The highest BCUT2D eigenvalue weighted by molar-refractivity contribution is 7.10. The Morgan fingerprint density at radius 2 is 2.24 bits per heavy atom. The minimum Gasteiger partial charge on any atom is -0.314 e. The van der Waals surface area contributed by atoms with Crippen molar-refractivity contribution < 1.29 is 0 Å². The fraction of sp³-hybridized carbons (Fsp3) is 0.571. The summed E-state index contributed by atoms with van der Waals surface area (Å²) in [6, 6.07) is 2.77. The molecule has 0 saturated carbocycles. The number of piperazine rings is 1. The average molecular weight is 250 g/mol. The van der Waals surface area contributed by atoms with Gasteiger partial charge in [-0.1, -0.05) is 5.57 Å². The summed E-state index contributed by atoms with van der Waals surface area (Å²) >= 11 is 1.89. The third kappa shape index (κ3) is 3.18. The second kappa shape index (κ2) is 5.80. The molecule has 2 heterocycles. The van der Waals surface area contributed by atoms with Gasteiger partial charge in [-0.05, 0) is 37.3 Å². The molecule has 1 aromatic heterocycles. The Hall–Kier alpha value is -0.640. The molecule has 17 heavy (non-hydrogen) atoms. The molecule has 3 heteroatoms. The van der Waals surface area contributed by atoms with Crippen LogP contribution in [0.4, 0.5) is 0 Å². The molecule has 2 rings (SSSR count). The van der Waals surface area contributed by atoms with Crippen LogP contribution < -0.4 is 5.32 Å². The molecule has 1 aliphatic rings. The number of aryl methyl sites for hydroxylation is 1. The summed E-state index contributed by atoms with van der Waals surface area (Å²) in [5.41, 5.74) is 2.71. The minimum absolute atomic E-state index is 0.537. The SMILES string of the molecule is C=C(C)C[C@H](c1sccc1C)N1CCNCC1. The number of thiophene rings is 1. The molecule has 2 nitrogen and oxygen atoms in total. The molecule has 0 unspecified atom stereocenters. The van der Waals surface area contributed by atoms with E-state index in [0.29, 0.717) is 6.04 Å². The number of hydrogen-bond donors (Lipinski definition) is 1. The zero-order chi connectivity index (χ0) is 12.3. The Labute approximate surface area is 108 Å². The fourth-order valence-corrected chi connectivity index (χ4v) is 3.50. The molecule has 0 bridgehead atoms. The molecule has 1 fully saturated rings. The lowest BCUT2D eigenvalue weighted by Crippen LogP contribution is -2.45. The first-order valence-corrected chi connectivity index (χ1v) is 7.19. The normalized spacial score (nSPS) is 19.2. The van der Waals surface area contributed by atoms with Gasteiger partial charge in [0.15, 0.2) is 0 Å². The van der Waals surface area contributed by atoms with E-state index in [1.54, 1.807) is 0 Å². The van der Waals surface area contributed by atoms with Crippen LogP contribution in [0.3, 0.4) is 0 Å². The first kappa shape index (κ1) is 12.8. The van der Waals surface area contributed by atoms with E-state index < -0.39 is 0 Å². The predicted octanol–water partition coefficient (Wildman–Crippen LogP) is 2.97. The van der Waals surface area contributed by atoms with Gasteiger partial charge < -0.3 is 5.32 Å². The van der Waals surface area contributed by atoms with Crippen molar-refractivity contribution in [3.63, 3.8) is 0 Å². The molecular weight excluding hydrogens is 228 g/mol.